The number of ether oxygens (including phenoxy) is 1. The lowest BCUT2D eigenvalue weighted by Gasteiger charge is -2.41. The van der Waals surface area contributed by atoms with Gasteiger partial charge in [-0.25, -0.2) is 0 Å². The molecule has 1 heterocycles. The van der Waals surface area contributed by atoms with Gasteiger partial charge in [-0.05, 0) is 61.6 Å². The average molecular weight is 443 g/mol. The molecule has 0 bridgehead atoms. The molecule has 0 spiro atoms. The lowest BCUT2D eigenvalue weighted by Crippen LogP contribution is -2.49. The number of methoxy groups -OCH3 is 1. The van der Waals surface area contributed by atoms with Crippen molar-refractivity contribution in [2.45, 2.75) is 77.7 Å². The van der Waals surface area contributed by atoms with Gasteiger partial charge >= 0.3 is 0 Å². The van der Waals surface area contributed by atoms with Crippen LogP contribution in [0.15, 0.2) is 24.3 Å². The summed E-state index contributed by atoms with van der Waals surface area (Å²) in [5.74, 6) is 2.42. The second kappa shape index (κ2) is 11.7. The molecule has 2 aliphatic rings. The molecule has 0 aromatic heterocycles. The Morgan fingerprint density at radius 1 is 1.09 bits per heavy atom. The Kier molecular flexibility index (Phi) is 9.01. The van der Waals surface area contributed by atoms with Crippen LogP contribution in [0.4, 0.5) is 0 Å². The van der Waals surface area contributed by atoms with Gasteiger partial charge in [-0.2, -0.15) is 0 Å². The minimum atomic E-state index is 0.139. The molecule has 1 aliphatic heterocycles. The third-order valence-electron chi connectivity index (χ3n) is 7.40. The van der Waals surface area contributed by atoms with Crippen molar-refractivity contribution in [3.8, 4) is 5.75 Å². The number of likely N-dealkylation sites (N-methyl/N-ethyl adjacent to an activating group) is 1. The summed E-state index contributed by atoms with van der Waals surface area (Å²) in [4.78, 5) is 30.1. The summed E-state index contributed by atoms with van der Waals surface area (Å²) in [6, 6.07) is 8.32. The summed E-state index contributed by atoms with van der Waals surface area (Å²) in [6.07, 6.45) is 9.10. The number of piperidine rings is 1. The number of likely N-dealkylation sites (tertiary alicyclic amines) is 1. The zero-order valence-electron chi connectivity index (χ0n) is 20.5. The lowest BCUT2D eigenvalue weighted by molar-refractivity contribution is -0.140. The molecule has 2 fully saturated rings. The van der Waals surface area contributed by atoms with Crippen LogP contribution in [0.2, 0.25) is 0 Å². The zero-order chi connectivity index (χ0) is 23.1. The maximum absolute atomic E-state index is 13.0. The Labute approximate surface area is 194 Å². The van der Waals surface area contributed by atoms with Crippen LogP contribution in [0.1, 0.15) is 70.8 Å². The highest BCUT2D eigenvalue weighted by Gasteiger charge is 2.34. The van der Waals surface area contributed by atoms with Gasteiger partial charge in [0.1, 0.15) is 5.75 Å². The van der Waals surface area contributed by atoms with Crippen molar-refractivity contribution < 1.29 is 14.3 Å². The number of carbonyl (C=O) groups excluding carboxylic acids is 2. The fourth-order valence-corrected chi connectivity index (χ4v) is 5.45. The first-order chi connectivity index (χ1) is 15.4. The van der Waals surface area contributed by atoms with E-state index >= 15 is 0 Å². The maximum atomic E-state index is 13.0. The van der Waals surface area contributed by atoms with Gasteiger partial charge in [0.05, 0.1) is 7.11 Å². The van der Waals surface area contributed by atoms with Crippen LogP contribution in [0.3, 0.4) is 0 Å². The molecule has 1 aromatic rings. The number of hydrogen-bond donors (Lipinski definition) is 0. The molecular formula is C27H42N2O3. The third-order valence-corrected chi connectivity index (χ3v) is 7.40. The normalized spacial score (nSPS) is 19.1. The second-order valence-electron chi connectivity index (χ2n) is 10.2. The van der Waals surface area contributed by atoms with E-state index in [0.717, 1.165) is 50.9 Å². The molecule has 32 heavy (non-hydrogen) atoms. The number of rotatable bonds is 8. The molecule has 1 aromatic carbocycles. The van der Waals surface area contributed by atoms with Crippen molar-refractivity contribution in [2.24, 2.45) is 17.8 Å². The Morgan fingerprint density at radius 3 is 2.41 bits per heavy atom. The molecule has 0 N–H and O–H groups in total. The molecule has 5 heteroatoms. The van der Waals surface area contributed by atoms with Crippen LogP contribution < -0.4 is 4.74 Å². The summed E-state index contributed by atoms with van der Waals surface area (Å²) in [5, 5.41) is 0. The monoisotopic (exact) mass is 442 g/mol. The van der Waals surface area contributed by atoms with Gasteiger partial charge in [-0.15, -0.1) is 0 Å². The first-order valence-electron chi connectivity index (χ1n) is 12.6. The predicted molar refractivity (Wildman–Crippen MR) is 129 cm³/mol. The number of amides is 2. The van der Waals surface area contributed by atoms with Crippen molar-refractivity contribution in [1.82, 2.24) is 9.80 Å². The minimum Gasteiger partial charge on any atom is -0.497 e. The zero-order valence-corrected chi connectivity index (χ0v) is 20.5. The summed E-state index contributed by atoms with van der Waals surface area (Å²) in [5.41, 5.74) is 1.19. The van der Waals surface area contributed by atoms with E-state index in [1.54, 1.807) is 7.11 Å². The van der Waals surface area contributed by atoms with Crippen LogP contribution in [0.25, 0.3) is 0 Å². The number of hydrogen-bond acceptors (Lipinski definition) is 3. The Bertz CT molecular complexity index is 749. The first-order valence-corrected chi connectivity index (χ1v) is 12.6. The van der Waals surface area contributed by atoms with E-state index in [-0.39, 0.29) is 17.9 Å². The molecule has 5 nitrogen and oxygen atoms in total. The van der Waals surface area contributed by atoms with Gasteiger partial charge in [0.15, 0.2) is 0 Å². The standard InChI is InChI=1S/C27H42N2O3/c1-20(2)17-26(30)28(3)25(19-21-9-8-12-24(18-21)32-4)22-13-15-29(16-14-22)27(31)23-10-6-5-7-11-23/h8-9,12,18,20,22-23,25H,5-7,10-11,13-17,19H2,1-4H3. The van der Waals surface area contributed by atoms with E-state index in [0.29, 0.717) is 24.2 Å². The van der Waals surface area contributed by atoms with Crippen molar-refractivity contribution in [3.05, 3.63) is 29.8 Å². The third kappa shape index (κ3) is 6.49. The summed E-state index contributed by atoms with van der Waals surface area (Å²) < 4.78 is 5.42. The van der Waals surface area contributed by atoms with E-state index in [9.17, 15) is 9.59 Å². The molecule has 0 radical (unpaired) electrons. The summed E-state index contributed by atoms with van der Waals surface area (Å²) >= 11 is 0. The molecular weight excluding hydrogens is 400 g/mol. The van der Waals surface area contributed by atoms with E-state index in [2.05, 4.69) is 30.9 Å². The largest absolute Gasteiger partial charge is 0.497 e. The second-order valence-corrected chi connectivity index (χ2v) is 10.2. The Morgan fingerprint density at radius 2 is 1.78 bits per heavy atom. The quantitative estimate of drug-likeness (QED) is 0.574. The smallest absolute Gasteiger partial charge is 0.225 e. The number of carbonyl (C=O) groups is 2. The SMILES string of the molecule is COc1cccc(CC(C2CCN(C(=O)C3CCCCC3)CC2)N(C)C(=O)CC(C)C)c1. The van der Waals surface area contributed by atoms with E-state index in [1.165, 1.54) is 24.8 Å². The van der Waals surface area contributed by atoms with Gasteiger partial charge in [-0.1, -0.05) is 45.2 Å². The topological polar surface area (TPSA) is 49.9 Å². The molecule has 1 saturated heterocycles. The van der Waals surface area contributed by atoms with E-state index < -0.39 is 0 Å². The van der Waals surface area contributed by atoms with E-state index in [4.69, 9.17) is 4.74 Å². The van der Waals surface area contributed by atoms with Crippen molar-refractivity contribution in [2.75, 3.05) is 27.2 Å². The van der Waals surface area contributed by atoms with Crippen LogP contribution in [0, 0.1) is 17.8 Å². The average Bonchev–Trinajstić information content (AvgIpc) is 2.82. The summed E-state index contributed by atoms with van der Waals surface area (Å²) in [7, 11) is 3.66. The van der Waals surface area contributed by atoms with Crippen LogP contribution in [-0.4, -0.2) is 54.9 Å². The van der Waals surface area contributed by atoms with Crippen LogP contribution in [0.5, 0.6) is 5.75 Å². The summed E-state index contributed by atoms with van der Waals surface area (Å²) in [6.45, 7) is 5.83. The van der Waals surface area contributed by atoms with Gasteiger partial charge < -0.3 is 14.5 Å². The lowest BCUT2D eigenvalue weighted by atomic mass is 9.83. The number of benzene rings is 1. The predicted octanol–water partition coefficient (Wildman–Crippen LogP) is 4.93. The fourth-order valence-electron chi connectivity index (χ4n) is 5.45. The fraction of sp³-hybridized carbons (Fsp3) is 0.704. The highest BCUT2D eigenvalue weighted by atomic mass is 16.5. The van der Waals surface area contributed by atoms with Gasteiger partial charge in [0.25, 0.3) is 0 Å². The molecule has 2 amide bonds. The van der Waals surface area contributed by atoms with Gasteiger partial charge in [-0.3, -0.25) is 9.59 Å². The van der Waals surface area contributed by atoms with Crippen molar-refractivity contribution in [1.29, 1.82) is 0 Å². The Balaban J connectivity index is 1.68. The van der Waals surface area contributed by atoms with Crippen molar-refractivity contribution in [3.63, 3.8) is 0 Å². The maximum Gasteiger partial charge on any atom is 0.225 e. The molecule has 1 atom stereocenters. The number of nitrogens with zero attached hydrogens (tertiary/aromatic N) is 2. The van der Waals surface area contributed by atoms with Crippen LogP contribution >= 0.6 is 0 Å². The molecule has 3 rings (SSSR count). The molecule has 1 aliphatic carbocycles. The van der Waals surface area contributed by atoms with Crippen LogP contribution in [-0.2, 0) is 16.0 Å². The minimum absolute atomic E-state index is 0.139. The van der Waals surface area contributed by atoms with Crippen molar-refractivity contribution >= 4 is 11.8 Å². The molecule has 178 valence electrons. The van der Waals surface area contributed by atoms with E-state index in [1.807, 2.05) is 24.1 Å². The molecule has 1 unspecified atom stereocenters. The highest BCUT2D eigenvalue weighted by Crippen LogP contribution is 2.31. The van der Waals surface area contributed by atoms with Gasteiger partial charge in [0, 0.05) is 38.5 Å². The van der Waals surface area contributed by atoms with Gasteiger partial charge in [0.2, 0.25) is 11.8 Å². The highest BCUT2D eigenvalue weighted by molar-refractivity contribution is 5.79. The Hall–Kier alpha value is -2.04. The first kappa shape index (κ1) is 24.6. The molecule has 1 saturated carbocycles.